The standard InChI is InChI=1S/C16H24N2O/c1-11-7-13(3)14(8-12(11)2)9-16(19)18-6-4-5-15(17)10-18/h7-8,15H,4-6,9-10,17H2,1-3H3. The van der Waals surface area contributed by atoms with Crippen LogP contribution in [0.2, 0.25) is 0 Å². The molecular weight excluding hydrogens is 236 g/mol. The highest BCUT2D eigenvalue weighted by molar-refractivity contribution is 5.79. The number of nitrogens with zero attached hydrogens (tertiary/aromatic N) is 1. The summed E-state index contributed by atoms with van der Waals surface area (Å²) in [5.41, 5.74) is 10.8. The largest absolute Gasteiger partial charge is 0.341 e. The van der Waals surface area contributed by atoms with Crippen molar-refractivity contribution in [2.75, 3.05) is 13.1 Å². The maximum absolute atomic E-state index is 12.3. The van der Waals surface area contributed by atoms with Crippen LogP contribution in [0.3, 0.4) is 0 Å². The minimum atomic E-state index is 0.151. The SMILES string of the molecule is Cc1cc(C)c(CC(=O)N2CCCC(N)C2)cc1C. The zero-order valence-electron chi connectivity index (χ0n) is 12.2. The molecule has 104 valence electrons. The van der Waals surface area contributed by atoms with E-state index < -0.39 is 0 Å². The van der Waals surface area contributed by atoms with Crippen molar-refractivity contribution in [1.29, 1.82) is 0 Å². The zero-order chi connectivity index (χ0) is 14.0. The van der Waals surface area contributed by atoms with E-state index in [2.05, 4.69) is 32.9 Å². The van der Waals surface area contributed by atoms with Gasteiger partial charge in [-0.25, -0.2) is 0 Å². The fraction of sp³-hybridized carbons (Fsp3) is 0.562. The molecule has 1 aromatic carbocycles. The van der Waals surface area contributed by atoms with Crippen LogP contribution in [-0.4, -0.2) is 29.9 Å². The molecule has 1 aliphatic heterocycles. The molecule has 2 N–H and O–H groups in total. The van der Waals surface area contributed by atoms with E-state index >= 15 is 0 Å². The molecule has 1 saturated heterocycles. The van der Waals surface area contributed by atoms with Crippen molar-refractivity contribution in [3.63, 3.8) is 0 Å². The van der Waals surface area contributed by atoms with Gasteiger partial charge in [0, 0.05) is 19.1 Å². The van der Waals surface area contributed by atoms with Crippen LogP contribution < -0.4 is 5.73 Å². The smallest absolute Gasteiger partial charge is 0.227 e. The lowest BCUT2D eigenvalue weighted by molar-refractivity contribution is -0.131. The number of aryl methyl sites for hydroxylation is 3. The zero-order valence-corrected chi connectivity index (χ0v) is 12.2. The van der Waals surface area contributed by atoms with Crippen molar-refractivity contribution < 1.29 is 4.79 Å². The lowest BCUT2D eigenvalue weighted by atomic mass is 9.98. The van der Waals surface area contributed by atoms with Gasteiger partial charge in [-0.1, -0.05) is 12.1 Å². The third-order valence-corrected chi connectivity index (χ3v) is 4.10. The van der Waals surface area contributed by atoms with E-state index in [1.54, 1.807) is 0 Å². The Morgan fingerprint density at radius 2 is 1.95 bits per heavy atom. The third kappa shape index (κ3) is 3.35. The van der Waals surface area contributed by atoms with Gasteiger partial charge in [-0.05, 0) is 55.9 Å². The molecule has 0 bridgehead atoms. The molecule has 0 aromatic heterocycles. The predicted molar refractivity (Wildman–Crippen MR) is 78.1 cm³/mol. The minimum absolute atomic E-state index is 0.151. The normalized spacial score (nSPS) is 19.6. The summed E-state index contributed by atoms with van der Waals surface area (Å²) in [6, 6.07) is 4.46. The molecule has 0 spiro atoms. The average Bonchev–Trinajstić information content (AvgIpc) is 2.36. The van der Waals surface area contributed by atoms with Crippen molar-refractivity contribution >= 4 is 5.91 Å². The second kappa shape index (κ2) is 5.74. The molecule has 0 aliphatic carbocycles. The van der Waals surface area contributed by atoms with E-state index in [4.69, 9.17) is 5.73 Å². The second-order valence-corrected chi connectivity index (χ2v) is 5.78. The van der Waals surface area contributed by atoms with Gasteiger partial charge in [-0.2, -0.15) is 0 Å². The lowest BCUT2D eigenvalue weighted by Crippen LogP contribution is -2.46. The topological polar surface area (TPSA) is 46.3 Å². The first-order valence-electron chi connectivity index (χ1n) is 7.07. The maximum atomic E-state index is 12.3. The monoisotopic (exact) mass is 260 g/mol. The molecule has 3 nitrogen and oxygen atoms in total. The Hall–Kier alpha value is -1.35. The molecule has 1 unspecified atom stereocenters. The molecule has 1 aliphatic rings. The molecular formula is C16H24N2O. The van der Waals surface area contributed by atoms with E-state index in [0.29, 0.717) is 13.0 Å². The van der Waals surface area contributed by atoms with E-state index in [1.807, 2.05) is 4.90 Å². The second-order valence-electron chi connectivity index (χ2n) is 5.78. The van der Waals surface area contributed by atoms with Gasteiger partial charge in [0.15, 0.2) is 0 Å². The summed E-state index contributed by atoms with van der Waals surface area (Å²) < 4.78 is 0. The third-order valence-electron chi connectivity index (χ3n) is 4.10. The number of hydrogen-bond acceptors (Lipinski definition) is 2. The Balaban J connectivity index is 2.08. The minimum Gasteiger partial charge on any atom is -0.341 e. The number of benzene rings is 1. The van der Waals surface area contributed by atoms with Gasteiger partial charge in [0.05, 0.1) is 6.42 Å². The van der Waals surface area contributed by atoms with Gasteiger partial charge in [-0.3, -0.25) is 4.79 Å². The Labute approximate surface area is 115 Å². The quantitative estimate of drug-likeness (QED) is 0.885. The van der Waals surface area contributed by atoms with Gasteiger partial charge >= 0.3 is 0 Å². The van der Waals surface area contributed by atoms with E-state index in [-0.39, 0.29) is 11.9 Å². The van der Waals surface area contributed by atoms with Crippen LogP contribution in [-0.2, 0) is 11.2 Å². The average molecular weight is 260 g/mol. The van der Waals surface area contributed by atoms with Crippen molar-refractivity contribution in [1.82, 2.24) is 4.90 Å². The van der Waals surface area contributed by atoms with Crippen molar-refractivity contribution in [2.45, 2.75) is 46.1 Å². The van der Waals surface area contributed by atoms with Gasteiger partial charge < -0.3 is 10.6 Å². The number of rotatable bonds is 2. The number of likely N-dealkylation sites (tertiary alicyclic amines) is 1. The Kier molecular flexibility index (Phi) is 4.25. The molecule has 2 rings (SSSR count). The summed E-state index contributed by atoms with van der Waals surface area (Å²) in [6.07, 6.45) is 2.56. The molecule has 1 aromatic rings. The molecule has 1 heterocycles. The number of carbonyl (C=O) groups excluding carboxylic acids is 1. The Bertz CT molecular complexity index is 482. The number of carbonyl (C=O) groups is 1. The van der Waals surface area contributed by atoms with Crippen LogP contribution in [0.15, 0.2) is 12.1 Å². The summed E-state index contributed by atoms with van der Waals surface area (Å²) in [7, 11) is 0. The highest BCUT2D eigenvalue weighted by Gasteiger charge is 2.21. The van der Waals surface area contributed by atoms with E-state index in [1.165, 1.54) is 16.7 Å². The number of nitrogens with two attached hydrogens (primary N) is 1. The number of amides is 1. The lowest BCUT2D eigenvalue weighted by Gasteiger charge is -2.31. The van der Waals surface area contributed by atoms with Crippen molar-refractivity contribution in [3.8, 4) is 0 Å². The van der Waals surface area contributed by atoms with Crippen LogP contribution in [0, 0.1) is 20.8 Å². The summed E-state index contributed by atoms with van der Waals surface area (Å²) in [6.45, 7) is 7.85. The van der Waals surface area contributed by atoms with Crippen LogP contribution in [0.5, 0.6) is 0 Å². The molecule has 1 atom stereocenters. The van der Waals surface area contributed by atoms with Crippen LogP contribution in [0.4, 0.5) is 0 Å². The van der Waals surface area contributed by atoms with Gasteiger partial charge in [-0.15, -0.1) is 0 Å². The highest BCUT2D eigenvalue weighted by Crippen LogP contribution is 2.17. The first kappa shape index (κ1) is 14.1. The fourth-order valence-corrected chi connectivity index (χ4v) is 2.72. The Morgan fingerprint density at radius 1 is 1.26 bits per heavy atom. The number of piperidine rings is 1. The van der Waals surface area contributed by atoms with Gasteiger partial charge in [0.1, 0.15) is 0 Å². The summed E-state index contributed by atoms with van der Waals surface area (Å²) in [5.74, 6) is 0.210. The molecule has 19 heavy (non-hydrogen) atoms. The molecule has 0 saturated carbocycles. The summed E-state index contributed by atoms with van der Waals surface area (Å²) in [4.78, 5) is 14.3. The summed E-state index contributed by atoms with van der Waals surface area (Å²) in [5, 5.41) is 0. The molecule has 1 amide bonds. The van der Waals surface area contributed by atoms with E-state index in [0.717, 1.165) is 24.9 Å². The predicted octanol–water partition coefficient (Wildman–Crippen LogP) is 2.10. The summed E-state index contributed by atoms with van der Waals surface area (Å²) >= 11 is 0. The van der Waals surface area contributed by atoms with Gasteiger partial charge in [0.25, 0.3) is 0 Å². The van der Waals surface area contributed by atoms with Crippen LogP contribution in [0.1, 0.15) is 35.1 Å². The van der Waals surface area contributed by atoms with Crippen LogP contribution in [0.25, 0.3) is 0 Å². The maximum Gasteiger partial charge on any atom is 0.227 e. The first-order chi connectivity index (χ1) is 8.97. The van der Waals surface area contributed by atoms with Crippen molar-refractivity contribution in [2.24, 2.45) is 5.73 Å². The van der Waals surface area contributed by atoms with E-state index in [9.17, 15) is 4.79 Å². The molecule has 1 fully saturated rings. The fourth-order valence-electron chi connectivity index (χ4n) is 2.72. The number of hydrogen-bond donors (Lipinski definition) is 1. The van der Waals surface area contributed by atoms with Crippen molar-refractivity contribution in [3.05, 3.63) is 34.4 Å². The highest BCUT2D eigenvalue weighted by atomic mass is 16.2. The van der Waals surface area contributed by atoms with Crippen LogP contribution >= 0.6 is 0 Å². The first-order valence-corrected chi connectivity index (χ1v) is 7.07. The molecule has 3 heteroatoms. The van der Waals surface area contributed by atoms with Gasteiger partial charge in [0.2, 0.25) is 5.91 Å². The Morgan fingerprint density at radius 3 is 2.63 bits per heavy atom. The molecule has 0 radical (unpaired) electrons.